The van der Waals surface area contributed by atoms with E-state index in [0.717, 1.165) is 0 Å². The van der Waals surface area contributed by atoms with E-state index in [1.165, 1.54) is 0 Å². The second-order valence-electron chi connectivity index (χ2n) is 3.97. The number of rotatable bonds is 3. The molecule has 6 nitrogen and oxygen atoms in total. The van der Waals surface area contributed by atoms with E-state index >= 15 is 0 Å². The molecule has 0 unspecified atom stereocenters. The normalized spacial score (nSPS) is 10.8. The maximum absolute atomic E-state index is 13.4. The molecule has 0 bridgehead atoms. The molecule has 1 aromatic carbocycles. The Balaban J connectivity index is 2.83. The van der Waals surface area contributed by atoms with Gasteiger partial charge in [-0.1, -0.05) is 0 Å². The smallest absolute Gasteiger partial charge is 0.351 e. The summed E-state index contributed by atoms with van der Waals surface area (Å²) in [5.74, 6) is -9.54. The summed E-state index contributed by atoms with van der Waals surface area (Å²) in [6.07, 6.45) is -1.14. The first kappa shape index (κ1) is 14.6. The number of carbonyl (C=O) groups excluding carboxylic acids is 1. The summed E-state index contributed by atoms with van der Waals surface area (Å²) in [6, 6.07) is 0.323. The van der Waals surface area contributed by atoms with Crippen LogP contribution in [0.3, 0.4) is 0 Å². The van der Waals surface area contributed by atoms with Crippen molar-refractivity contribution in [3.8, 4) is 5.75 Å². The van der Waals surface area contributed by atoms with Crippen molar-refractivity contribution in [1.29, 1.82) is 0 Å². The molecule has 9 heteroatoms. The molecule has 1 aromatic heterocycles. The lowest BCUT2D eigenvalue weighted by Crippen LogP contribution is -2.17. The van der Waals surface area contributed by atoms with Crippen LogP contribution in [-0.4, -0.2) is 22.0 Å². The molecular formula is C12H5F3O6. The largest absolute Gasteiger partial charge is 0.506 e. The van der Waals surface area contributed by atoms with E-state index in [-0.39, 0.29) is 0 Å². The molecule has 0 radical (unpaired) electrons. The number of fused-ring (bicyclic) bond motifs is 1. The minimum Gasteiger partial charge on any atom is -0.506 e. The van der Waals surface area contributed by atoms with Crippen molar-refractivity contribution in [2.24, 2.45) is 0 Å². The monoisotopic (exact) mass is 302 g/mol. The van der Waals surface area contributed by atoms with Gasteiger partial charge in [0.15, 0.2) is 23.0 Å². The van der Waals surface area contributed by atoms with E-state index in [9.17, 15) is 32.7 Å². The van der Waals surface area contributed by atoms with Gasteiger partial charge < -0.3 is 14.6 Å². The van der Waals surface area contributed by atoms with Gasteiger partial charge in [-0.05, 0) is 6.07 Å². The minimum atomic E-state index is -1.92. The number of benzene rings is 1. The number of carboxylic acids is 1. The van der Waals surface area contributed by atoms with Gasteiger partial charge in [-0.25, -0.2) is 13.6 Å². The number of halogens is 3. The van der Waals surface area contributed by atoms with E-state index in [4.69, 9.17) is 5.11 Å². The standard InChI is InChI=1S/C12H5F3O6/c13-4-1-3-10(19)7(5(16)2-6(17)18)12(20)21-11(3)9(15)8(4)14/h1,19H,2H2,(H,17,18). The van der Waals surface area contributed by atoms with Gasteiger partial charge in [-0.15, -0.1) is 0 Å². The summed E-state index contributed by atoms with van der Waals surface area (Å²) in [5, 5.41) is 17.4. The third-order valence-electron chi connectivity index (χ3n) is 2.60. The van der Waals surface area contributed by atoms with Gasteiger partial charge in [-0.3, -0.25) is 9.59 Å². The highest BCUT2D eigenvalue weighted by Gasteiger charge is 2.26. The Morgan fingerprint density at radius 1 is 1.19 bits per heavy atom. The van der Waals surface area contributed by atoms with Gasteiger partial charge in [0, 0.05) is 0 Å². The van der Waals surface area contributed by atoms with Crippen molar-refractivity contribution < 1.29 is 37.4 Å². The van der Waals surface area contributed by atoms with Crippen LogP contribution in [0.25, 0.3) is 11.0 Å². The average molecular weight is 302 g/mol. The Morgan fingerprint density at radius 2 is 1.81 bits per heavy atom. The molecule has 0 spiro atoms. The third kappa shape index (κ3) is 2.33. The van der Waals surface area contributed by atoms with Gasteiger partial charge in [0.1, 0.15) is 17.7 Å². The number of aliphatic carboxylic acids is 1. The maximum Gasteiger partial charge on any atom is 0.351 e. The first-order valence-electron chi connectivity index (χ1n) is 5.32. The van der Waals surface area contributed by atoms with Crippen molar-refractivity contribution in [2.45, 2.75) is 6.42 Å². The number of hydrogen-bond donors (Lipinski definition) is 2. The summed E-state index contributed by atoms with van der Waals surface area (Å²) < 4.78 is 43.9. The molecule has 0 aliphatic rings. The highest BCUT2D eigenvalue weighted by atomic mass is 19.2. The number of aromatic hydroxyl groups is 1. The summed E-state index contributed by atoms with van der Waals surface area (Å²) in [7, 11) is 0. The molecule has 0 fully saturated rings. The van der Waals surface area contributed by atoms with E-state index in [1.54, 1.807) is 0 Å². The fourth-order valence-electron chi connectivity index (χ4n) is 1.70. The molecule has 2 N–H and O–H groups in total. The molecule has 0 saturated carbocycles. The first-order valence-corrected chi connectivity index (χ1v) is 5.32. The van der Waals surface area contributed by atoms with E-state index in [1.807, 2.05) is 0 Å². The topological polar surface area (TPSA) is 105 Å². The predicted molar refractivity (Wildman–Crippen MR) is 60.6 cm³/mol. The second kappa shape index (κ2) is 4.93. The molecule has 110 valence electrons. The lowest BCUT2D eigenvalue weighted by Gasteiger charge is -2.06. The number of ketones is 1. The summed E-state index contributed by atoms with van der Waals surface area (Å²) in [4.78, 5) is 33.4. The Hall–Kier alpha value is -2.84. The summed E-state index contributed by atoms with van der Waals surface area (Å²) in [5.41, 5.74) is -3.71. The van der Waals surface area contributed by atoms with Crippen LogP contribution in [0.2, 0.25) is 0 Å². The van der Waals surface area contributed by atoms with Crippen molar-refractivity contribution in [3.05, 3.63) is 39.5 Å². The number of carboxylic acid groups (broad SMARTS) is 1. The summed E-state index contributed by atoms with van der Waals surface area (Å²) in [6.45, 7) is 0. The fourth-order valence-corrected chi connectivity index (χ4v) is 1.70. The average Bonchev–Trinajstić information content (AvgIpc) is 2.37. The maximum atomic E-state index is 13.4. The van der Waals surface area contributed by atoms with E-state index < -0.39 is 63.5 Å². The van der Waals surface area contributed by atoms with Gasteiger partial charge in [0.2, 0.25) is 5.82 Å². The molecule has 0 amide bonds. The Bertz CT molecular complexity index is 839. The van der Waals surface area contributed by atoms with Crippen LogP contribution < -0.4 is 5.63 Å². The first-order chi connectivity index (χ1) is 9.73. The highest BCUT2D eigenvalue weighted by Crippen LogP contribution is 2.31. The fraction of sp³-hybridized carbons (Fsp3) is 0.0833. The summed E-state index contributed by atoms with van der Waals surface area (Å²) >= 11 is 0. The molecule has 0 saturated heterocycles. The van der Waals surface area contributed by atoms with E-state index in [2.05, 4.69) is 4.42 Å². The van der Waals surface area contributed by atoms with Crippen LogP contribution in [0.5, 0.6) is 5.75 Å². The molecule has 2 aromatic rings. The van der Waals surface area contributed by atoms with Gasteiger partial charge >= 0.3 is 11.6 Å². The van der Waals surface area contributed by atoms with Crippen LogP contribution in [-0.2, 0) is 4.79 Å². The quantitative estimate of drug-likeness (QED) is 0.386. The van der Waals surface area contributed by atoms with Gasteiger partial charge in [-0.2, -0.15) is 4.39 Å². The lowest BCUT2D eigenvalue weighted by atomic mass is 10.1. The van der Waals surface area contributed by atoms with Crippen molar-refractivity contribution in [1.82, 2.24) is 0 Å². The third-order valence-corrected chi connectivity index (χ3v) is 2.60. The second-order valence-corrected chi connectivity index (χ2v) is 3.97. The Kier molecular flexibility index (Phi) is 3.42. The van der Waals surface area contributed by atoms with Crippen molar-refractivity contribution in [2.75, 3.05) is 0 Å². The Labute approximate surface area is 113 Å². The van der Waals surface area contributed by atoms with Crippen molar-refractivity contribution >= 4 is 22.7 Å². The molecule has 1 heterocycles. The number of Topliss-reactive ketones (excluding diaryl/α,β-unsaturated/α-hetero) is 1. The predicted octanol–water partition coefficient (Wildman–Crippen LogP) is 1.57. The molecule has 2 rings (SSSR count). The van der Waals surface area contributed by atoms with Crippen LogP contribution in [0.15, 0.2) is 15.3 Å². The van der Waals surface area contributed by atoms with Crippen LogP contribution in [0.4, 0.5) is 13.2 Å². The SMILES string of the molecule is O=C(O)CC(=O)c1c(O)c2cc(F)c(F)c(F)c2oc1=O. The molecule has 21 heavy (non-hydrogen) atoms. The minimum absolute atomic E-state index is 0.323. The zero-order chi connectivity index (χ0) is 15.9. The van der Waals surface area contributed by atoms with Crippen molar-refractivity contribution in [3.63, 3.8) is 0 Å². The van der Waals surface area contributed by atoms with Crippen LogP contribution >= 0.6 is 0 Å². The molecule has 0 atom stereocenters. The zero-order valence-corrected chi connectivity index (χ0v) is 9.95. The zero-order valence-electron chi connectivity index (χ0n) is 9.95. The molecular weight excluding hydrogens is 297 g/mol. The lowest BCUT2D eigenvalue weighted by molar-refractivity contribution is -0.135. The van der Waals surface area contributed by atoms with Gasteiger partial charge in [0.25, 0.3) is 0 Å². The Morgan fingerprint density at radius 3 is 2.38 bits per heavy atom. The van der Waals surface area contributed by atoms with Gasteiger partial charge in [0.05, 0.1) is 5.39 Å². The number of carbonyl (C=O) groups is 2. The van der Waals surface area contributed by atoms with Crippen LogP contribution in [0, 0.1) is 17.5 Å². The molecule has 0 aliphatic heterocycles. The van der Waals surface area contributed by atoms with E-state index in [0.29, 0.717) is 6.07 Å². The molecule has 0 aliphatic carbocycles. The number of hydrogen-bond acceptors (Lipinski definition) is 5. The van der Waals surface area contributed by atoms with Crippen LogP contribution in [0.1, 0.15) is 16.8 Å². The highest BCUT2D eigenvalue weighted by molar-refractivity contribution is 6.09.